The van der Waals surface area contributed by atoms with E-state index in [1.54, 1.807) is 27.0 Å². The van der Waals surface area contributed by atoms with Crippen LogP contribution < -0.4 is 0 Å². The number of esters is 1. The summed E-state index contributed by atoms with van der Waals surface area (Å²) in [5.41, 5.74) is 1.16. The summed E-state index contributed by atoms with van der Waals surface area (Å²) in [6, 6.07) is 3.90. The lowest BCUT2D eigenvalue weighted by Crippen LogP contribution is -2.45. The minimum Gasteiger partial charge on any atom is -0.458 e. The molecule has 2 aliphatic rings. The SMILES string of the molecule is C/C(=C\c1ccc(C)cn1)[C@H]1C[C@@H]2O[C@]2(C)CCC[C@H](C)[C@H](O)[C@H](C)C(=O)C(C)(C)[C@H](O)CC(=O)O1. The summed E-state index contributed by atoms with van der Waals surface area (Å²) in [4.78, 5) is 30.6. The Kier molecular flexibility index (Phi) is 8.79. The molecule has 36 heavy (non-hydrogen) atoms. The lowest BCUT2D eigenvalue weighted by atomic mass is 9.73. The number of hydrogen-bond donors (Lipinski definition) is 2. The van der Waals surface area contributed by atoms with E-state index >= 15 is 0 Å². The third-order valence-electron chi connectivity index (χ3n) is 8.22. The molecule has 0 aromatic carbocycles. The van der Waals surface area contributed by atoms with Crippen LogP contribution in [0.3, 0.4) is 0 Å². The van der Waals surface area contributed by atoms with E-state index < -0.39 is 35.6 Å². The van der Waals surface area contributed by atoms with E-state index in [2.05, 4.69) is 11.9 Å². The van der Waals surface area contributed by atoms with Crippen molar-refractivity contribution >= 4 is 17.8 Å². The Hall–Kier alpha value is -2.09. The van der Waals surface area contributed by atoms with Gasteiger partial charge in [-0.3, -0.25) is 14.6 Å². The fraction of sp³-hybridized carbons (Fsp3) is 0.690. The van der Waals surface area contributed by atoms with Gasteiger partial charge in [0, 0.05) is 18.5 Å². The fourth-order valence-corrected chi connectivity index (χ4v) is 5.19. The van der Waals surface area contributed by atoms with Crippen LogP contribution in [-0.4, -0.2) is 57.0 Å². The third kappa shape index (κ3) is 6.61. The molecule has 0 bridgehead atoms. The second-order valence-electron chi connectivity index (χ2n) is 11.7. The molecule has 3 heterocycles. The smallest absolute Gasteiger partial charge is 0.309 e. The summed E-state index contributed by atoms with van der Waals surface area (Å²) in [6.07, 6.45) is 3.69. The number of cyclic esters (lactones) is 1. The molecule has 0 radical (unpaired) electrons. The first-order valence-electron chi connectivity index (χ1n) is 13.1. The number of ketones is 1. The molecule has 1 aromatic heterocycles. The van der Waals surface area contributed by atoms with E-state index in [1.807, 2.05) is 39.0 Å². The van der Waals surface area contributed by atoms with Crippen molar-refractivity contribution in [2.24, 2.45) is 17.3 Å². The van der Waals surface area contributed by atoms with E-state index in [4.69, 9.17) is 9.47 Å². The molecule has 0 amide bonds. The maximum Gasteiger partial charge on any atom is 0.309 e. The Morgan fingerprint density at radius 3 is 2.50 bits per heavy atom. The number of rotatable bonds is 2. The zero-order chi connectivity index (χ0) is 26.8. The Bertz CT molecular complexity index is 970. The summed E-state index contributed by atoms with van der Waals surface area (Å²) >= 11 is 0. The van der Waals surface area contributed by atoms with Gasteiger partial charge in [0.2, 0.25) is 0 Å². The van der Waals surface area contributed by atoms with Gasteiger partial charge >= 0.3 is 5.97 Å². The molecule has 1 aromatic rings. The molecule has 3 rings (SSSR count). The van der Waals surface area contributed by atoms with Crippen LogP contribution in [0.2, 0.25) is 0 Å². The molecule has 7 atom stereocenters. The highest BCUT2D eigenvalue weighted by Crippen LogP contribution is 2.45. The van der Waals surface area contributed by atoms with Gasteiger partial charge in [-0.1, -0.05) is 40.2 Å². The van der Waals surface area contributed by atoms with E-state index in [0.29, 0.717) is 6.42 Å². The van der Waals surface area contributed by atoms with Gasteiger partial charge in [0.15, 0.2) is 0 Å². The number of aryl methyl sites for hydroxylation is 1. The number of ether oxygens (including phenoxy) is 2. The quantitative estimate of drug-likeness (QED) is 0.456. The number of aliphatic hydroxyl groups is 2. The van der Waals surface area contributed by atoms with Gasteiger partial charge in [-0.05, 0) is 62.8 Å². The maximum atomic E-state index is 13.2. The van der Waals surface area contributed by atoms with Gasteiger partial charge in [0.25, 0.3) is 0 Å². The Labute approximate surface area is 215 Å². The number of fused-ring (bicyclic) bond motifs is 1. The lowest BCUT2D eigenvalue weighted by Gasteiger charge is -2.34. The summed E-state index contributed by atoms with van der Waals surface area (Å²) in [7, 11) is 0. The first kappa shape index (κ1) is 28.5. The largest absolute Gasteiger partial charge is 0.458 e. The zero-order valence-electron chi connectivity index (χ0n) is 22.8. The molecule has 7 nitrogen and oxygen atoms in total. The second-order valence-corrected chi connectivity index (χ2v) is 11.7. The number of Topliss-reactive ketones (excluding diaryl/α,β-unsaturated/α-hetero) is 1. The average Bonchev–Trinajstić information content (AvgIpc) is 3.46. The van der Waals surface area contributed by atoms with Gasteiger partial charge in [0.05, 0.1) is 41.4 Å². The molecule has 2 saturated heterocycles. The minimum atomic E-state index is -1.23. The van der Waals surface area contributed by atoms with Crippen LogP contribution in [0.15, 0.2) is 23.9 Å². The molecule has 0 spiro atoms. The van der Waals surface area contributed by atoms with Crippen molar-refractivity contribution in [2.45, 2.75) is 111 Å². The van der Waals surface area contributed by atoms with E-state index in [0.717, 1.165) is 36.1 Å². The maximum absolute atomic E-state index is 13.2. The molecule has 0 aliphatic carbocycles. The Balaban J connectivity index is 1.86. The second kappa shape index (κ2) is 11.1. The van der Waals surface area contributed by atoms with Crippen molar-refractivity contribution in [1.82, 2.24) is 4.98 Å². The average molecular weight is 502 g/mol. The number of carbonyl (C=O) groups excluding carboxylic acids is 2. The molecule has 7 heteroatoms. The molecular formula is C29H43NO6. The monoisotopic (exact) mass is 501 g/mol. The molecule has 0 saturated carbocycles. The summed E-state index contributed by atoms with van der Waals surface area (Å²) in [6.45, 7) is 12.9. The van der Waals surface area contributed by atoms with Crippen LogP contribution in [-0.2, 0) is 19.1 Å². The Morgan fingerprint density at radius 1 is 1.17 bits per heavy atom. The van der Waals surface area contributed by atoms with Crippen LogP contribution in [0.4, 0.5) is 0 Å². The summed E-state index contributed by atoms with van der Waals surface area (Å²) in [5.74, 6) is -1.57. The fourth-order valence-electron chi connectivity index (χ4n) is 5.19. The van der Waals surface area contributed by atoms with Crippen LogP contribution in [0, 0.1) is 24.2 Å². The van der Waals surface area contributed by atoms with Crippen molar-refractivity contribution in [3.05, 3.63) is 35.2 Å². The van der Waals surface area contributed by atoms with Crippen molar-refractivity contribution in [2.75, 3.05) is 0 Å². The number of epoxide rings is 1. The van der Waals surface area contributed by atoms with Crippen LogP contribution >= 0.6 is 0 Å². The van der Waals surface area contributed by atoms with Gasteiger partial charge in [-0.2, -0.15) is 0 Å². The van der Waals surface area contributed by atoms with Gasteiger partial charge < -0.3 is 19.7 Å². The predicted octanol–water partition coefficient (Wildman–Crippen LogP) is 4.42. The summed E-state index contributed by atoms with van der Waals surface area (Å²) < 4.78 is 11.9. The van der Waals surface area contributed by atoms with Crippen molar-refractivity contribution in [1.29, 1.82) is 0 Å². The van der Waals surface area contributed by atoms with Crippen LogP contribution in [0.1, 0.15) is 84.9 Å². The number of carbonyl (C=O) groups is 2. The number of aliphatic hydroxyl groups excluding tert-OH is 2. The number of hydrogen-bond acceptors (Lipinski definition) is 7. The number of aromatic nitrogens is 1. The van der Waals surface area contributed by atoms with Crippen molar-refractivity contribution in [3.63, 3.8) is 0 Å². The zero-order valence-corrected chi connectivity index (χ0v) is 22.8. The highest BCUT2D eigenvalue weighted by molar-refractivity contribution is 5.88. The molecular weight excluding hydrogens is 458 g/mol. The number of nitrogens with zero attached hydrogens (tertiary/aromatic N) is 1. The summed E-state index contributed by atoms with van der Waals surface area (Å²) in [5, 5.41) is 21.7. The molecule has 2 aliphatic heterocycles. The molecule has 2 fully saturated rings. The van der Waals surface area contributed by atoms with E-state index in [-0.39, 0.29) is 29.8 Å². The first-order chi connectivity index (χ1) is 16.7. The lowest BCUT2D eigenvalue weighted by molar-refractivity contribution is -0.154. The third-order valence-corrected chi connectivity index (χ3v) is 8.22. The standard InChI is InChI=1S/C29H43NO6/c1-17-10-11-21(30-16-17)13-19(3)22-14-24-29(7,36-24)12-8-9-18(2)26(33)20(4)27(34)28(5,6)23(31)15-25(32)35-22/h10-11,13,16,18,20,22-24,26,31,33H,8-9,12,14-15H2,1-7H3/b19-13+/t18-,20-,22+,23+,24-,26-,29+/m0/s1. The van der Waals surface area contributed by atoms with Crippen LogP contribution in [0.5, 0.6) is 0 Å². The topological polar surface area (TPSA) is 109 Å². The van der Waals surface area contributed by atoms with E-state index in [9.17, 15) is 19.8 Å². The molecule has 200 valence electrons. The number of pyridine rings is 1. The van der Waals surface area contributed by atoms with Gasteiger partial charge in [-0.25, -0.2) is 0 Å². The van der Waals surface area contributed by atoms with Crippen molar-refractivity contribution in [3.8, 4) is 0 Å². The Morgan fingerprint density at radius 2 is 1.86 bits per heavy atom. The van der Waals surface area contributed by atoms with Gasteiger partial charge in [-0.15, -0.1) is 0 Å². The normalized spacial score (nSPS) is 36.6. The minimum absolute atomic E-state index is 0.0559. The highest BCUT2D eigenvalue weighted by Gasteiger charge is 2.53. The highest BCUT2D eigenvalue weighted by atomic mass is 16.6. The van der Waals surface area contributed by atoms with Crippen LogP contribution in [0.25, 0.3) is 6.08 Å². The van der Waals surface area contributed by atoms with E-state index in [1.165, 1.54) is 0 Å². The van der Waals surface area contributed by atoms with Gasteiger partial charge in [0.1, 0.15) is 11.9 Å². The molecule has 0 unspecified atom stereocenters. The first-order valence-corrected chi connectivity index (χ1v) is 13.1. The predicted molar refractivity (Wildman–Crippen MR) is 138 cm³/mol. The molecule has 2 N–H and O–H groups in total. The van der Waals surface area contributed by atoms with Crippen molar-refractivity contribution < 1.29 is 29.3 Å².